The molecule has 3 N–H and O–H groups in total. The average Bonchev–Trinajstić information content (AvgIpc) is 2.56. The number of likely N-dealkylation sites (N-methyl/N-ethyl adjacent to an activating group) is 1. The fourth-order valence-corrected chi connectivity index (χ4v) is 2.94. The molecule has 142 valence electrons. The average molecular weight is 408 g/mol. The number of nitrogens with zero attached hydrogens (tertiary/aromatic N) is 3. The van der Waals surface area contributed by atoms with Gasteiger partial charge in [0.2, 0.25) is 5.91 Å². The van der Waals surface area contributed by atoms with Gasteiger partial charge in [0.1, 0.15) is 5.78 Å². The van der Waals surface area contributed by atoms with Crippen molar-refractivity contribution < 1.29 is 9.59 Å². The largest absolute Gasteiger partial charge is 0.397 e. The third-order valence-electron chi connectivity index (χ3n) is 3.49. The Morgan fingerprint density at radius 1 is 1.07 bits per heavy atom. The second kappa shape index (κ2) is 8.83. The quantitative estimate of drug-likeness (QED) is 0.520. The minimum absolute atomic E-state index is 0.0208. The molecule has 0 aliphatic carbocycles. The molecular formula is C18H19Cl2N5O2. The van der Waals surface area contributed by atoms with Gasteiger partial charge in [-0.05, 0) is 37.3 Å². The highest BCUT2D eigenvalue weighted by Gasteiger charge is 2.11. The molecule has 2 aromatic carbocycles. The molecule has 2 rings (SSSR count). The number of halogens is 2. The van der Waals surface area contributed by atoms with Gasteiger partial charge in [-0.25, -0.2) is 0 Å². The van der Waals surface area contributed by atoms with Crippen molar-refractivity contribution >= 4 is 63.3 Å². The van der Waals surface area contributed by atoms with E-state index in [0.29, 0.717) is 28.4 Å². The molecule has 0 radical (unpaired) electrons. The van der Waals surface area contributed by atoms with Crippen LogP contribution in [-0.2, 0) is 9.59 Å². The van der Waals surface area contributed by atoms with E-state index in [9.17, 15) is 9.59 Å². The Bertz CT molecular complexity index is 892. The molecule has 0 aromatic heterocycles. The van der Waals surface area contributed by atoms with E-state index in [-0.39, 0.29) is 28.3 Å². The summed E-state index contributed by atoms with van der Waals surface area (Å²) in [6, 6.07) is 8.22. The molecule has 0 heterocycles. The zero-order chi connectivity index (χ0) is 20.1. The van der Waals surface area contributed by atoms with E-state index in [0.717, 1.165) is 0 Å². The van der Waals surface area contributed by atoms with Gasteiger partial charge in [0, 0.05) is 14.0 Å². The Morgan fingerprint density at radius 2 is 1.67 bits per heavy atom. The predicted octanol–water partition coefficient (Wildman–Crippen LogP) is 4.97. The van der Waals surface area contributed by atoms with Crippen molar-refractivity contribution in [2.24, 2.45) is 10.2 Å². The van der Waals surface area contributed by atoms with Gasteiger partial charge in [-0.3, -0.25) is 9.59 Å². The van der Waals surface area contributed by atoms with Gasteiger partial charge < -0.3 is 16.0 Å². The van der Waals surface area contributed by atoms with Gasteiger partial charge in [0.05, 0.1) is 45.0 Å². The predicted molar refractivity (Wildman–Crippen MR) is 110 cm³/mol. The van der Waals surface area contributed by atoms with Crippen molar-refractivity contribution in [3.05, 3.63) is 40.4 Å². The Morgan fingerprint density at radius 3 is 2.22 bits per heavy atom. The van der Waals surface area contributed by atoms with Gasteiger partial charge in [-0.2, -0.15) is 10.2 Å². The molecule has 0 unspecified atom stereocenters. The van der Waals surface area contributed by atoms with Crippen LogP contribution >= 0.6 is 23.2 Å². The summed E-state index contributed by atoms with van der Waals surface area (Å²) in [6.07, 6.45) is 0. The monoisotopic (exact) mass is 407 g/mol. The Kier molecular flexibility index (Phi) is 6.76. The van der Waals surface area contributed by atoms with Gasteiger partial charge in [-0.1, -0.05) is 23.2 Å². The summed E-state index contributed by atoms with van der Waals surface area (Å²) in [5, 5.41) is 11.4. The van der Waals surface area contributed by atoms with Crippen molar-refractivity contribution in [3.63, 3.8) is 0 Å². The van der Waals surface area contributed by atoms with Crippen LogP contribution in [0.5, 0.6) is 0 Å². The molecule has 0 atom stereocenters. The third kappa shape index (κ3) is 5.67. The van der Waals surface area contributed by atoms with Gasteiger partial charge in [-0.15, -0.1) is 0 Å². The zero-order valence-electron chi connectivity index (χ0n) is 15.1. The molecule has 9 heteroatoms. The number of nitrogens with one attached hydrogen (secondary N) is 1. The number of amides is 1. The summed E-state index contributed by atoms with van der Waals surface area (Å²) in [4.78, 5) is 24.2. The fraction of sp³-hybridized carbons (Fsp3) is 0.222. The number of hydrogen-bond donors (Lipinski definition) is 2. The van der Waals surface area contributed by atoms with Crippen LogP contribution in [0, 0.1) is 0 Å². The second-order valence-electron chi connectivity index (χ2n) is 5.97. The molecule has 0 bridgehead atoms. The summed E-state index contributed by atoms with van der Waals surface area (Å²) in [7, 11) is 1.77. The smallest absolute Gasteiger partial charge is 0.221 e. The van der Waals surface area contributed by atoms with E-state index in [2.05, 4.69) is 15.5 Å². The number of benzene rings is 2. The second-order valence-corrected chi connectivity index (χ2v) is 6.78. The lowest BCUT2D eigenvalue weighted by Gasteiger charge is -2.19. The van der Waals surface area contributed by atoms with E-state index in [1.807, 2.05) is 0 Å². The van der Waals surface area contributed by atoms with Gasteiger partial charge in [0.15, 0.2) is 0 Å². The number of ketones is 1. The molecule has 0 saturated carbocycles. The third-order valence-corrected chi connectivity index (χ3v) is 4.09. The highest BCUT2D eigenvalue weighted by atomic mass is 35.5. The van der Waals surface area contributed by atoms with Crippen LogP contribution in [-0.4, -0.2) is 25.3 Å². The molecule has 7 nitrogen and oxygen atoms in total. The number of anilines is 3. The van der Waals surface area contributed by atoms with Crippen molar-refractivity contribution in [2.45, 2.75) is 13.8 Å². The first-order chi connectivity index (χ1) is 12.7. The summed E-state index contributed by atoms with van der Waals surface area (Å²) in [5.74, 6) is -0.260. The lowest BCUT2D eigenvalue weighted by molar-refractivity contribution is -0.116. The first-order valence-electron chi connectivity index (χ1n) is 7.96. The van der Waals surface area contributed by atoms with Crippen molar-refractivity contribution in [1.29, 1.82) is 0 Å². The maximum atomic E-state index is 11.3. The zero-order valence-corrected chi connectivity index (χ0v) is 16.6. The van der Waals surface area contributed by atoms with Crippen LogP contribution in [0.2, 0.25) is 10.0 Å². The number of Topliss-reactive ketones (excluding diaryl/α,β-unsaturated/α-hetero) is 1. The number of azo groups is 1. The van der Waals surface area contributed by atoms with E-state index in [1.54, 1.807) is 42.3 Å². The fourth-order valence-electron chi connectivity index (χ4n) is 2.37. The minimum atomic E-state index is -0.280. The summed E-state index contributed by atoms with van der Waals surface area (Å²) in [6.45, 7) is 3.11. The van der Waals surface area contributed by atoms with Gasteiger partial charge >= 0.3 is 0 Å². The number of rotatable bonds is 6. The first-order valence-corrected chi connectivity index (χ1v) is 8.71. The van der Waals surface area contributed by atoms with Crippen LogP contribution in [0.1, 0.15) is 13.8 Å². The van der Waals surface area contributed by atoms with Gasteiger partial charge in [0.25, 0.3) is 0 Å². The lowest BCUT2D eigenvalue weighted by Crippen LogP contribution is -2.24. The van der Waals surface area contributed by atoms with Crippen molar-refractivity contribution in [2.75, 3.05) is 29.5 Å². The SMILES string of the molecule is CC(=O)CN(C)c1cc(N=Nc2cc(Cl)c(NC(C)=O)c(Cl)c2)ccc1N. The van der Waals surface area contributed by atoms with E-state index in [4.69, 9.17) is 28.9 Å². The van der Waals surface area contributed by atoms with Crippen LogP contribution < -0.4 is 16.0 Å². The molecule has 0 saturated heterocycles. The maximum Gasteiger partial charge on any atom is 0.221 e. The lowest BCUT2D eigenvalue weighted by atomic mass is 10.2. The number of carbonyl (C=O) groups is 2. The first kappa shape index (κ1) is 20.7. The molecule has 0 fully saturated rings. The van der Waals surface area contributed by atoms with Crippen LogP contribution in [0.3, 0.4) is 0 Å². The van der Waals surface area contributed by atoms with E-state index in [1.165, 1.54) is 13.8 Å². The molecular weight excluding hydrogens is 389 g/mol. The molecule has 0 aliphatic heterocycles. The van der Waals surface area contributed by atoms with Crippen molar-refractivity contribution in [1.82, 2.24) is 0 Å². The molecule has 0 aliphatic rings. The summed E-state index contributed by atoms with van der Waals surface area (Å²) in [5.41, 5.74) is 8.48. The molecule has 2 aromatic rings. The normalized spacial score (nSPS) is 10.9. The highest BCUT2D eigenvalue weighted by Crippen LogP contribution is 2.36. The highest BCUT2D eigenvalue weighted by molar-refractivity contribution is 6.40. The van der Waals surface area contributed by atoms with Crippen LogP contribution in [0.15, 0.2) is 40.6 Å². The van der Waals surface area contributed by atoms with E-state index < -0.39 is 0 Å². The molecule has 27 heavy (non-hydrogen) atoms. The Balaban J connectivity index is 2.28. The van der Waals surface area contributed by atoms with E-state index >= 15 is 0 Å². The Hall–Kier alpha value is -2.64. The Labute approximate surface area is 167 Å². The minimum Gasteiger partial charge on any atom is -0.397 e. The molecule has 0 spiro atoms. The summed E-state index contributed by atoms with van der Waals surface area (Å²) < 4.78 is 0. The number of hydrogen-bond acceptors (Lipinski definition) is 6. The standard InChI is InChI=1S/C18H19Cl2N5O2/c1-10(26)9-25(3)17-8-12(4-5-16(17)21)23-24-13-6-14(19)18(15(20)7-13)22-11(2)27/h4-8H,9,21H2,1-3H3,(H,22,27). The van der Waals surface area contributed by atoms with Crippen LogP contribution in [0.25, 0.3) is 0 Å². The van der Waals surface area contributed by atoms with Crippen LogP contribution in [0.4, 0.5) is 28.4 Å². The number of carbonyl (C=O) groups excluding carboxylic acids is 2. The maximum absolute atomic E-state index is 11.3. The topological polar surface area (TPSA) is 100 Å². The molecule has 1 amide bonds. The summed E-state index contributed by atoms with van der Waals surface area (Å²) >= 11 is 12.3. The van der Waals surface area contributed by atoms with Crippen molar-refractivity contribution in [3.8, 4) is 0 Å². The number of nitrogens with two attached hydrogens (primary N) is 1. The number of nitrogen functional groups attached to an aromatic ring is 1.